The van der Waals surface area contributed by atoms with Gasteiger partial charge in [-0.2, -0.15) is 4.98 Å². The molecular formula is C21H20N6O2. The minimum atomic E-state index is -0.260. The summed E-state index contributed by atoms with van der Waals surface area (Å²) in [5.41, 5.74) is 6.44. The average molecular weight is 388 g/mol. The van der Waals surface area contributed by atoms with Gasteiger partial charge in [0.15, 0.2) is 0 Å². The monoisotopic (exact) mass is 388 g/mol. The Balaban J connectivity index is 1.28. The van der Waals surface area contributed by atoms with Gasteiger partial charge < -0.3 is 14.4 Å². The Kier molecular flexibility index (Phi) is 4.33. The molecule has 2 unspecified atom stereocenters. The number of amides is 1. The summed E-state index contributed by atoms with van der Waals surface area (Å²) in [7, 11) is 0. The van der Waals surface area contributed by atoms with Gasteiger partial charge in [-0.25, -0.2) is 5.43 Å². The van der Waals surface area contributed by atoms with Gasteiger partial charge in [0, 0.05) is 18.6 Å². The van der Waals surface area contributed by atoms with E-state index in [9.17, 15) is 4.79 Å². The first-order valence-corrected chi connectivity index (χ1v) is 9.51. The number of aromatic nitrogens is 3. The third kappa shape index (κ3) is 3.38. The molecule has 0 radical (unpaired) electrons. The molecule has 0 aliphatic carbocycles. The molecule has 1 amide bonds. The van der Waals surface area contributed by atoms with E-state index in [0.29, 0.717) is 23.8 Å². The Labute approximate surface area is 167 Å². The molecule has 1 saturated heterocycles. The topological polar surface area (TPSA) is 87.4 Å². The molecule has 2 atom stereocenters. The molecule has 29 heavy (non-hydrogen) atoms. The average Bonchev–Trinajstić information content (AvgIpc) is 3.39. The second-order valence-corrected chi connectivity index (χ2v) is 7.24. The van der Waals surface area contributed by atoms with Crippen molar-refractivity contribution in [3.8, 4) is 11.5 Å². The van der Waals surface area contributed by atoms with Crippen molar-refractivity contribution in [2.75, 3.05) is 0 Å². The lowest BCUT2D eigenvalue weighted by atomic mass is 10.00. The molecule has 3 aromatic rings. The number of nitrogens with one attached hydrogen (secondary N) is 1. The molecule has 4 heterocycles. The van der Waals surface area contributed by atoms with E-state index in [1.165, 1.54) is 11.1 Å². The molecule has 1 N–H and O–H groups in total. The lowest BCUT2D eigenvalue weighted by Crippen LogP contribution is -2.47. The van der Waals surface area contributed by atoms with Gasteiger partial charge >= 0.3 is 0 Å². The van der Waals surface area contributed by atoms with E-state index in [1.54, 1.807) is 17.3 Å². The molecule has 2 aliphatic heterocycles. The van der Waals surface area contributed by atoms with Crippen molar-refractivity contribution in [1.82, 2.24) is 30.5 Å². The molecule has 0 saturated carbocycles. The standard InChI is InChI=1S/C21H20N6O2/c1-14-5-7-15(8-6-14)17-12-18-21(28)26(10-11-27(18)24-17)13-19-23-20(25-29-19)16-4-2-3-9-22-16/h2-11,17-18,24H,12-13H2,1H3. The van der Waals surface area contributed by atoms with Crippen LogP contribution in [0.5, 0.6) is 0 Å². The molecule has 1 fully saturated rings. The fourth-order valence-corrected chi connectivity index (χ4v) is 3.65. The third-order valence-corrected chi connectivity index (χ3v) is 5.22. The van der Waals surface area contributed by atoms with Crippen LogP contribution in [-0.4, -0.2) is 37.0 Å². The summed E-state index contributed by atoms with van der Waals surface area (Å²) in [5.74, 6) is 0.794. The Morgan fingerprint density at radius 2 is 2.03 bits per heavy atom. The number of hydrogen-bond acceptors (Lipinski definition) is 7. The summed E-state index contributed by atoms with van der Waals surface area (Å²) >= 11 is 0. The maximum absolute atomic E-state index is 13.0. The summed E-state index contributed by atoms with van der Waals surface area (Å²) in [5, 5.41) is 5.85. The predicted octanol–water partition coefficient (Wildman–Crippen LogP) is 2.57. The van der Waals surface area contributed by atoms with Gasteiger partial charge in [-0.1, -0.05) is 41.1 Å². The van der Waals surface area contributed by atoms with Crippen LogP contribution in [0.3, 0.4) is 0 Å². The fourth-order valence-electron chi connectivity index (χ4n) is 3.65. The maximum Gasteiger partial charge on any atom is 0.251 e. The molecule has 8 nitrogen and oxygen atoms in total. The van der Waals surface area contributed by atoms with Crippen molar-refractivity contribution in [3.63, 3.8) is 0 Å². The van der Waals surface area contributed by atoms with Crippen LogP contribution in [0.4, 0.5) is 0 Å². The first-order chi connectivity index (χ1) is 14.2. The molecule has 2 aliphatic rings. The van der Waals surface area contributed by atoms with Crippen molar-refractivity contribution < 1.29 is 9.32 Å². The minimum Gasteiger partial charge on any atom is -0.337 e. The van der Waals surface area contributed by atoms with Crippen molar-refractivity contribution in [2.45, 2.75) is 32.0 Å². The highest BCUT2D eigenvalue weighted by Crippen LogP contribution is 2.31. The summed E-state index contributed by atoms with van der Waals surface area (Å²) in [6.45, 7) is 2.30. The lowest BCUT2D eigenvalue weighted by molar-refractivity contribution is -0.135. The number of pyridine rings is 1. The molecule has 5 rings (SSSR count). The molecule has 0 spiro atoms. The van der Waals surface area contributed by atoms with Gasteiger partial charge in [0.05, 0.1) is 6.04 Å². The number of fused-ring (bicyclic) bond motifs is 1. The molecule has 1 aromatic carbocycles. The van der Waals surface area contributed by atoms with E-state index in [0.717, 1.165) is 0 Å². The van der Waals surface area contributed by atoms with Crippen LogP contribution < -0.4 is 5.43 Å². The second-order valence-electron chi connectivity index (χ2n) is 7.24. The number of hydrogen-bond donors (Lipinski definition) is 1. The van der Waals surface area contributed by atoms with Crippen LogP contribution in [0, 0.1) is 6.92 Å². The summed E-state index contributed by atoms with van der Waals surface area (Å²) < 4.78 is 5.32. The molecule has 146 valence electrons. The van der Waals surface area contributed by atoms with Crippen molar-refractivity contribution in [2.24, 2.45) is 0 Å². The van der Waals surface area contributed by atoms with Crippen LogP contribution in [0.2, 0.25) is 0 Å². The summed E-state index contributed by atoms with van der Waals surface area (Å²) in [6, 6.07) is 13.7. The third-order valence-electron chi connectivity index (χ3n) is 5.22. The van der Waals surface area contributed by atoms with E-state index in [1.807, 2.05) is 29.4 Å². The lowest BCUT2D eigenvalue weighted by Gasteiger charge is -2.30. The molecule has 2 aromatic heterocycles. The van der Waals surface area contributed by atoms with Crippen LogP contribution in [-0.2, 0) is 11.3 Å². The van der Waals surface area contributed by atoms with E-state index in [2.05, 4.69) is 51.7 Å². The maximum atomic E-state index is 13.0. The zero-order chi connectivity index (χ0) is 19.8. The number of aryl methyl sites for hydroxylation is 1. The normalized spacial score (nSPS) is 20.9. The Morgan fingerprint density at radius 1 is 1.17 bits per heavy atom. The Hall–Kier alpha value is -3.52. The largest absolute Gasteiger partial charge is 0.337 e. The summed E-state index contributed by atoms with van der Waals surface area (Å²) in [4.78, 5) is 23.2. The van der Waals surface area contributed by atoms with Crippen molar-refractivity contribution in [1.29, 1.82) is 0 Å². The predicted molar refractivity (Wildman–Crippen MR) is 105 cm³/mol. The van der Waals surface area contributed by atoms with E-state index in [4.69, 9.17) is 4.52 Å². The van der Waals surface area contributed by atoms with Gasteiger partial charge in [-0.15, -0.1) is 0 Å². The second kappa shape index (κ2) is 7.14. The Morgan fingerprint density at radius 3 is 2.83 bits per heavy atom. The van der Waals surface area contributed by atoms with Gasteiger partial charge in [-0.3, -0.25) is 9.78 Å². The smallest absolute Gasteiger partial charge is 0.251 e. The van der Waals surface area contributed by atoms with E-state index < -0.39 is 0 Å². The van der Waals surface area contributed by atoms with Gasteiger partial charge in [0.25, 0.3) is 5.91 Å². The number of carbonyl (C=O) groups is 1. The summed E-state index contributed by atoms with van der Waals surface area (Å²) in [6.07, 6.45) is 6.00. The van der Waals surface area contributed by atoms with E-state index >= 15 is 0 Å². The van der Waals surface area contributed by atoms with Crippen LogP contribution in [0.15, 0.2) is 65.6 Å². The van der Waals surface area contributed by atoms with Gasteiger partial charge in [-0.05, 0) is 31.0 Å². The number of carbonyl (C=O) groups excluding carboxylic acids is 1. The Bertz CT molecular complexity index is 1050. The van der Waals surface area contributed by atoms with Crippen LogP contribution in [0.25, 0.3) is 11.5 Å². The zero-order valence-electron chi connectivity index (χ0n) is 15.9. The number of benzene rings is 1. The zero-order valence-corrected chi connectivity index (χ0v) is 15.9. The first-order valence-electron chi connectivity index (χ1n) is 9.51. The molecular weight excluding hydrogens is 368 g/mol. The highest BCUT2D eigenvalue weighted by molar-refractivity contribution is 5.84. The minimum absolute atomic E-state index is 0.00666. The van der Waals surface area contributed by atoms with Crippen molar-refractivity contribution >= 4 is 5.91 Å². The highest BCUT2D eigenvalue weighted by atomic mass is 16.5. The highest BCUT2D eigenvalue weighted by Gasteiger charge is 2.40. The van der Waals surface area contributed by atoms with Crippen LogP contribution >= 0.6 is 0 Å². The quantitative estimate of drug-likeness (QED) is 0.735. The number of nitrogens with zero attached hydrogens (tertiary/aromatic N) is 5. The SMILES string of the molecule is Cc1ccc(C2CC3C(=O)N(Cc4nc(-c5ccccn5)no4)C=CN3N2)cc1. The molecule has 8 heteroatoms. The first kappa shape index (κ1) is 17.6. The van der Waals surface area contributed by atoms with Gasteiger partial charge in [0.2, 0.25) is 11.7 Å². The number of rotatable bonds is 4. The molecule has 0 bridgehead atoms. The number of hydrazine groups is 1. The van der Waals surface area contributed by atoms with Gasteiger partial charge in [0.1, 0.15) is 18.3 Å². The van der Waals surface area contributed by atoms with Crippen molar-refractivity contribution in [3.05, 3.63) is 78.1 Å². The fraction of sp³-hybridized carbons (Fsp3) is 0.238. The van der Waals surface area contributed by atoms with E-state index in [-0.39, 0.29) is 24.5 Å². The van der Waals surface area contributed by atoms with Crippen LogP contribution in [0.1, 0.15) is 29.5 Å².